The molecule has 0 aliphatic carbocycles. The summed E-state index contributed by atoms with van der Waals surface area (Å²) in [5, 5.41) is 6.02. The summed E-state index contributed by atoms with van der Waals surface area (Å²) >= 11 is 0. The van der Waals surface area contributed by atoms with E-state index < -0.39 is 0 Å². The molecule has 10 rings (SSSR count). The van der Waals surface area contributed by atoms with Crippen LogP contribution in [0.5, 0.6) is 0 Å². The Morgan fingerprint density at radius 3 is 1.80 bits per heavy atom. The Morgan fingerprint density at radius 2 is 1.06 bits per heavy atom. The zero-order valence-electron chi connectivity index (χ0n) is 28.0. The van der Waals surface area contributed by atoms with Gasteiger partial charge in [0, 0.05) is 16.5 Å². The summed E-state index contributed by atoms with van der Waals surface area (Å²) in [5.41, 5.74) is 12.9. The van der Waals surface area contributed by atoms with Gasteiger partial charge < -0.3 is 4.42 Å². The van der Waals surface area contributed by atoms with Crippen molar-refractivity contribution >= 4 is 43.5 Å². The van der Waals surface area contributed by atoms with Gasteiger partial charge in [-0.15, -0.1) is 0 Å². The molecule has 0 spiro atoms. The van der Waals surface area contributed by atoms with Crippen LogP contribution in [0.25, 0.3) is 94.0 Å². The predicted octanol–water partition coefficient (Wildman–Crippen LogP) is 13.1. The molecule has 0 fully saturated rings. The minimum atomic E-state index is 0.828. The van der Waals surface area contributed by atoms with Gasteiger partial charge in [0.1, 0.15) is 17.7 Å². The highest BCUT2D eigenvalue weighted by atomic mass is 16.3. The molecule has 2 heterocycles. The number of furan rings is 1. The van der Waals surface area contributed by atoms with Crippen LogP contribution in [0, 0.1) is 6.92 Å². The molecule has 3 heteroatoms. The average Bonchev–Trinajstić information content (AvgIpc) is 3.79. The van der Waals surface area contributed by atoms with Gasteiger partial charge in [-0.2, -0.15) is 0 Å². The first-order valence-corrected chi connectivity index (χ1v) is 17.4. The molecule has 0 saturated heterocycles. The van der Waals surface area contributed by atoms with Gasteiger partial charge in [0.05, 0.1) is 22.3 Å². The zero-order valence-corrected chi connectivity index (χ0v) is 28.0. The van der Waals surface area contributed by atoms with E-state index in [-0.39, 0.29) is 0 Å². The van der Waals surface area contributed by atoms with E-state index in [4.69, 9.17) is 9.40 Å². The van der Waals surface area contributed by atoms with Gasteiger partial charge in [-0.25, -0.2) is 4.98 Å². The van der Waals surface area contributed by atoms with Gasteiger partial charge >= 0.3 is 0 Å². The minimum Gasteiger partial charge on any atom is -0.464 e. The van der Waals surface area contributed by atoms with Crippen molar-refractivity contribution in [3.63, 3.8) is 0 Å². The molecule has 0 aliphatic rings. The van der Waals surface area contributed by atoms with Crippen LogP contribution in [0.3, 0.4) is 0 Å². The van der Waals surface area contributed by atoms with Crippen molar-refractivity contribution in [2.45, 2.75) is 6.92 Å². The number of aryl methyl sites for hydroxylation is 1. The Kier molecular flexibility index (Phi) is 6.71. The van der Waals surface area contributed by atoms with Gasteiger partial charge in [0.15, 0.2) is 0 Å². The summed E-state index contributed by atoms with van der Waals surface area (Å²) in [6, 6.07) is 60.6. The molecule has 2 aromatic heterocycles. The van der Waals surface area contributed by atoms with E-state index in [1.807, 2.05) is 6.26 Å². The van der Waals surface area contributed by atoms with Gasteiger partial charge in [0.25, 0.3) is 0 Å². The molecular weight excluding hydrogens is 621 g/mol. The van der Waals surface area contributed by atoms with Gasteiger partial charge in [-0.05, 0) is 98.8 Å². The van der Waals surface area contributed by atoms with Gasteiger partial charge in [-0.3, -0.25) is 4.57 Å². The van der Waals surface area contributed by atoms with Crippen molar-refractivity contribution in [1.29, 1.82) is 0 Å². The van der Waals surface area contributed by atoms with E-state index in [2.05, 4.69) is 181 Å². The van der Waals surface area contributed by atoms with E-state index in [9.17, 15) is 0 Å². The fraction of sp³-hybridized carbons (Fsp3) is 0.0208. The van der Waals surface area contributed by atoms with E-state index >= 15 is 0 Å². The van der Waals surface area contributed by atoms with Crippen LogP contribution in [0.15, 0.2) is 181 Å². The molecule has 0 bridgehead atoms. The van der Waals surface area contributed by atoms with Gasteiger partial charge in [-0.1, -0.05) is 127 Å². The maximum Gasteiger partial charge on any atom is 0.149 e. The number of hydrogen-bond donors (Lipinski definition) is 0. The van der Waals surface area contributed by atoms with Gasteiger partial charge in [0.2, 0.25) is 0 Å². The second-order valence-electron chi connectivity index (χ2n) is 13.3. The second-order valence-corrected chi connectivity index (χ2v) is 13.3. The Bertz CT molecular complexity index is 2850. The monoisotopic (exact) mass is 652 g/mol. The van der Waals surface area contributed by atoms with Crippen molar-refractivity contribution in [1.82, 2.24) is 9.55 Å². The van der Waals surface area contributed by atoms with Crippen molar-refractivity contribution < 1.29 is 4.42 Å². The molecule has 0 atom stereocenters. The fourth-order valence-corrected chi connectivity index (χ4v) is 7.69. The molecule has 0 amide bonds. The fourth-order valence-electron chi connectivity index (χ4n) is 7.69. The summed E-state index contributed by atoms with van der Waals surface area (Å²) in [7, 11) is 0. The number of fused-ring (bicyclic) bond motifs is 5. The van der Waals surface area contributed by atoms with Crippen LogP contribution in [-0.4, -0.2) is 9.55 Å². The number of aromatic nitrogens is 2. The Morgan fingerprint density at radius 1 is 0.471 bits per heavy atom. The molecule has 8 aromatic carbocycles. The van der Waals surface area contributed by atoms with Crippen LogP contribution < -0.4 is 0 Å². The van der Waals surface area contributed by atoms with E-state index in [1.165, 1.54) is 27.1 Å². The number of para-hydroxylation sites is 2. The summed E-state index contributed by atoms with van der Waals surface area (Å²) < 4.78 is 8.65. The van der Waals surface area contributed by atoms with Crippen LogP contribution >= 0.6 is 0 Å². The van der Waals surface area contributed by atoms with Crippen molar-refractivity contribution in [3.05, 3.63) is 182 Å². The number of benzene rings is 8. The lowest BCUT2D eigenvalue weighted by atomic mass is 9.93. The lowest BCUT2D eigenvalue weighted by Gasteiger charge is -2.20. The Balaban J connectivity index is 1.24. The quantitative estimate of drug-likeness (QED) is 0.173. The van der Waals surface area contributed by atoms with Crippen molar-refractivity contribution in [3.8, 4) is 50.5 Å². The lowest BCUT2D eigenvalue weighted by molar-refractivity contribution is 0.616. The highest BCUT2D eigenvalue weighted by Gasteiger charge is 2.24. The number of hydrogen-bond acceptors (Lipinski definition) is 2. The molecule has 0 N–H and O–H groups in total. The summed E-state index contributed by atoms with van der Waals surface area (Å²) in [6.45, 7) is 2.18. The van der Waals surface area contributed by atoms with Crippen molar-refractivity contribution in [2.75, 3.05) is 0 Å². The first-order valence-electron chi connectivity index (χ1n) is 17.4. The topological polar surface area (TPSA) is 31.0 Å². The Labute approximate surface area is 295 Å². The van der Waals surface area contributed by atoms with Crippen LogP contribution in [0.1, 0.15) is 5.56 Å². The summed E-state index contributed by atoms with van der Waals surface area (Å²) in [4.78, 5) is 5.35. The normalized spacial score (nSPS) is 11.6. The molecule has 0 unspecified atom stereocenters. The smallest absolute Gasteiger partial charge is 0.149 e. The summed E-state index contributed by atoms with van der Waals surface area (Å²) in [5.74, 6) is 0.842. The highest BCUT2D eigenvalue weighted by Crippen LogP contribution is 2.43. The third kappa shape index (κ3) is 4.86. The minimum absolute atomic E-state index is 0.828. The highest BCUT2D eigenvalue weighted by molar-refractivity contribution is 6.09. The molecule has 51 heavy (non-hydrogen) atoms. The van der Waals surface area contributed by atoms with E-state index in [0.29, 0.717) is 0 Å². The summed E-state index contributed by atoms with van der Waals surface area (Å²) in [6.07, 6.45) is 1.87. The number of imidazole rings is 1. The molecule has 3 nitrogen and oxygen atoms in total. The SMILES string of the molecule is Cc1cc(-c2ccccc2)c(-n2c(-c3coc4ccc(-c5ccc6ccc7ccccc7c6c5)cc34)nc3ccccc32)c(-c2ccccc2)c1. The average molecular weight is 653 g/mol. The number of nitrogens with zero attached hydrogens (tertiary/aromatic N) is 2. The van der Waals surface area contributed by atoms with Crippen LogP contribution in [-0.2, 0) is 0 Å². The number of rotatable bonds is 5. The molecule has 240 valence electrons. The predicted molar refractivity (Wildman–Crippen MR) is 212 cm³/mol. The van der Waals surface area contributed by atoms with E-state index in [0.717, 1.165) is 72.5 Å². The first kappa shape index (κ1) is 29.2. The molecule has 0 aliphatic heterocycles. The lowest BCUT2D eigenvalue weighted by Crippen LogP contribution is -2.03. The van der Waals surface area contributed by atoms with E-state index in [1.54, 1.807) is 0 Å². The van der Waals surface area contributed by atoms with Crippen LogP contribution in [0.4, 0.5) is 0 Å². The largest absolute Gasteiger partial charge is 0.464 e. The molecule has 10 aromatic rings. The molecular formula is C48H32N2O. The first-order chi connectivity index (χ1) is 25.2. The molecule has 0 saturated carbocycles. The van der Waals surface area contributed by atoms with Crippen LogP contribution in [0.2, 0.25) is 0 Å². The Hall–Kier alpha value is -6.71. The maximum atomic E-state index is 6.30. The standard InChI is InChI=1S/C48H32N2O/c1-31-26-40(32-12-4-2-5-13-32)47(41(27-31)33-14-6-3-7-15-33)50-45-19-11-10-18-44(45)49-48(50)43-30-51-46-25-24-37(29-42(43)46)36-23-22-35-21-20-34-16-8-9-17-38(34)39(35)28-36/h2-30H,1H3. The second kappa shape index (κ2) is 11.7. The third-order valence-electron chi connectivity index (χ3n) is 10.1. The zero-order chi connectivity index (χ0) is 33.9. The maximum absolute atomic E-state index is 6.30. The third-order valence-corrected chi connectivity index (χ3v) is 10.1. The molecule has 0 radical (unpaired) electrons. The van der Waals surface area contributed by atoms with Crippen molar-refractivity contribution in [2.24, 2.45) is 0 Å².